The molecule has 0 aliphatic carbocycles. The average molecular weight is 858 g/mol. The van der Waals surface area contributed by atoms with Crippen LogP contribution in [0.1, 0.15) is 57.5 Å². The van der Waals surface area contributed by atoms with Gasteiger partial charge in [-0.15, -0.1) is 11.3 Å². The van der Waals surface area contributed by atoms with E-state index < -0.39 is 47.1 Å². The number of hydrogen-bond acceptors (Lipinski definition) is 14. The topological polar surface area (TPSA) is 262 Å². The predicted octanol–water partition coefficient (Wildman–Crippen LogP) is 6.17. The first-order chi connectivity index (χ1) is 27.5. The van der Waals surface area contributed by atoms with Gasteiger partial charge in [-0.25, -0.2) is 17.4 Å². The molecule has 0 saturated heterocycles. The molecule has 1 amide bonds. The lowest BCUT2D eigenvalue weighted by atomic mass is 10.1. The summed E-state index contributed by atoms with van der Waals surface area (Å²) < 4.78 is 73.0. The summed E-state index contributed by atoms with van der Waals surface area (Å²) in [6.45, 7) is 1.89. The normalized spacial score (nSPS) is 12.4. The molecule has 5 rings (SSSR count). The number of carbonyl (C=O) groups is 2. The fourth-order valence-electron chi connectivity index (χ4n) is 5.39. The second-order valence-electron chi connectivity index (χ2n) is 12.7. The Labute approximate surface area is 335 Å². The number of halogens is 1. The Morgan fingerprint density at radius 1 is 0.862 bits per heavy atom. The number of hydrogen-bond donors (Lipinski definition) is 7. The number of ketones is 1. The Kier molecular flexibility index (Phi) is 13.8. The molecule has 0 aliphatic heterocycles. The minimum Gasteiger partial charge on any atom is -0.504 e. The Morgan fingerprint density at radius 2 is 1.50 bits per heavy atom. The van der Waals surface area contributed by atoms with Crippen molar-refractivity contribution in [1.82, 2.24) is 10.0 Å². The molecule has 0 radical (unpaired) electrons. The molecule has 16 nitrogen and oxygen atoms in total. The van der Waals surface area contributed by atoms with E-state index in [1.807, 2.05) is 0 Å². The largest absolute Gasteiger partial charge is 0.504 e. The van der Waals surface area contributed by atoms with Crippen LogP contribution in [0.3, 0.4) is 0 Å². The van der Waals surface area contributed by atoms with Gasteiger partial charge in [-0.05, 0) is 86.3 Å². The molecule has 0 bridgehead atoms. The van der Waals surface area contributed by atoms with Crippen molar-refractivity contribution in [1.29, 1.82) is 5.26 Å². The van der Waals surface area contributed by atoms with Gasteiger partial charge in [-0.3, -0.25) is 9.59 Å². The molecular weight excluding hydrogens is 821 g/mol. The van der Waals surface area contributed by atoms with E-state index in [9.17, 15) is 52.3 Å². The minimum atomic E-state index is -4.70. The van der Waals surface area contributed by atoms with Crippen molar-refractivity contribution in [2.45, 2.75) is 36.8 Å². The molecule has 20 heteroatoms. The van der Waals surface area contributed by atoms with Gasteiger partial charge in [0.25, 0.3) is 15.9 Å². The number of benzene rings is 4. The third kappa shape index (κ3) is 10.9. The third-order valence-corrected chi connectivity index (χ3v) is 13.0. The molecule has 5 aromatic rings. The highest BCUT2D eigenvalue weighted by Crippen LogP contribution is 2.44. The van der Waals surface area contributed by atoms with Gasteiger partial charge < -0.3 is 44.6 Å². The molecule has 0 aliphatic rings. The number of phenols is 4. The molecule has 1 heterocycles. The molecule has 7 N–H and O–H groups in total. The lowest BCUT2D eigenvalue weighted by Crippen LogP contribution is -2.25. The first kappa shape index (κ1) is 43.2. The van der Waals surface area contributed by atoms with Gasteiger partial charge in [0.1, 0.15) is 28.1 Å². The van der Waals surface area contributed by atoms with Crippen molar-refractivity contribution >= 4 is 50.7 Å². The SMILES string of the molecule is Cc1c(S(=O)(=O)NCP(=O)(O)Oc2ccc(C#N)c(F)c2)sc2cc(OCCCNC(=O)c3ccc(O)c(O)c3)c(OCCCCC(=O)c3ccc(O)c(O)c3)cc12. The second kappa shape index (κ2) is 18.6. The smallest absolute Gasteiger partial charge is 0.391 e. The van der Waals surface area contributed by atoms with Crippen molar-refractivity contribution in [3.05, 3.63) is 94.8 Å². The summed E-state index contributed by atoms with van der Waals surface area (Å²) in [5.41, 5.74) is 0.336. The van der Waals surface area contributed by atoms with Crippen molar-refractivity contribution < 1.29 is 66.3 Å². The Balaban J connectivity index is 1.27. The number of aromatic hydroxyl groups is 4. The van der Waals surface area contributed by atoms with Gasteiger partial charge in [0.2, 0.25) is 0 Å². The molecule has 1 aromatic heterocycles. The number of nitrogens with zero attached hydrogens (tertiary/aromatic N) is 1. The number of aryl methyl sites for hydroxylation is 1. The van der Waals surface area contributed by atoms with Crippen molar-refractivity contribution in [3.63, 3.8) is 0 Å². The molecule has 4 aromatic carbocycles. The van der Waals surface area contributed by atoms with Gasteiger partial charge in [0.15, 0.2) is 40.3 Å². The average Bonchev–Trinajstić information content (AvgIpc) is 3.51. The monoisotopic (exact) mass is 857 g/mol. The Bertz CT molecular complexity index is 2560. The van der Waals surface area contributed by atoms with E-state index >= 15 is 0 Å². The summed E-state index contributed by atoms with van der Waals surface area (Å²) in [4.78, 5) is 35.4. The van der Waals surface area contributed by atoms with Crippen LogP contribution in [0.25, 0.3) is 10.1 Å². The fourth-order valence-corrected chi connectivity index (χ4v) is 9.71. The van der Waals surface area contributed by atoms with Gasteiger partial charge in [-0.1, -0.05) is 0 Å². The standard InChI is InChI=1S/C38H37FN3O13PS2/c1-22-27-18-34(53-13-3-2-5-29(43)23-7-10-30(44)32(46)15-23)35(54-14-4-12-41-37(48)24-8-11-31(45)33(47)16-24)19-36(27)57-38(22)58(51,52)42-21-56(49,50)55-26-9-6-25(20-40)28(39)17-26/h6-11,15-19,42,44-47H,2-5,12-14,21H2,1H3,(H,41,48)(H,49,50). The highest BCUT2D eigenvalue weighted by Gasteiger charge is 2.29. The summed E-state index contributed by atoms with van der Waals surface area (Å²) in [6.07, 6.45) is 0.194. The van der Waals surface area contributed by atoms with Crippen molar-refractivity contribution in [2.75, 3.05) is 26.0 Å². The summed E-state index contributed by atoms with van der Waals surface area (Å²) in [6, 6.07) is 15.1. The van der Waals surface area contributed by atoms with E-state index in [4.69, 9.17) is 19.3 Å². The predicted molar refractivity (Wildman–Crippen MR) is 209 cm³/mol. The third-order valence-electron chi connectivity index (χ3n) is 8.42. The number of Topliss-reactive ketones (excluding diaryl/α,β-unsaturated/α-hetero) is 1. The molecule has 1 unspecified atom stereocenters. The van der Waals surface area contributed by atoms with E-state index in [2.05, 4.69) is 10.0 Å². The lowest BCUT2D eigenvalue weighted by Gasteiger charge is -2.14. The molecule has 0 fully saturated rings. The number of ether oxygens (including phenoxy) is 2. The number of thiophene rings is 1. The fraction of sp³-hybridized carbons (Fsp3) is 0.237. The number of amides is 1. The van der Waals surface area contributed by atoms with Crippen LogP contribution < -0.4 is 24.0 Å². The Morgan fingerprint density at radius 3 is 2.16 bits per heavy atom. The van der Waals surface area contributed by atoms with E-state index in [-0.39, 0.29) is 87.2 Å². The van der Waals surface area contributed by atoms with Gasteiger partial charge in [-0.2, -0.15) is 9.98 Å². The van der Waals surface area contributed by atoms with E-state index in [1.165, 1.54) is 37.3 Å². The van der Waals surface area contributed by atoms with Crippen LogP contribution in [0.15, 0.2) is 70.9 Å². The molecule has 1 atom stereocenters. The van der Waals surface area contributed by atoms with Crippen LogP contribution in [0.4, 0.5) is 4.39 Å². The lowest BCUT2D eigenvalue weighted by molar-refractivity contribution is 0.0948. The zero-order valence-electron chi connectivity index (χ0n) is 30.6. The molecule has 306 valence electrons. The second-order valence-corrected chi connectivity index (χ2v) is 17.5. The molecule has 0 saturated carbocycles. The van der Waals surface area contributed by atoms with Crippen LogP contribution in [0, 0.1) is 24.1 Å². The number of carbonyl (C=O) groups excluding carboxylic acids is 2. The summed E-state index contributed by atoms with van der Waals surface area (Å²) >= 11 is 0.852. The quantitative estimate of drug-likeness (QED) is 0.0212. The molecule has 0 spiro atoms. The van der Waals surface area contributed by atoms with Crippen molar-refractivity contribution in [2.24, 2.45) is 0 Å². The zero-order chi connectivity index (χ0) is 42.2. The summed E-state index contributed by atoms with van der Waals surface area (Å²) in [5, 5.41) is 50.5. The number of fused-ring (bicyclic) bond motifs is 1. The zero-order valence-corrected chi connectivity index (χ0v) is 33.1. The highest BCUT2D eigenvalue weighted by atomic mass is 32.2. The summed E-state index contributed by atoms with van der Waals surface area (Å²) in [7, 11) is -9.12. The molecule has 58 heavy (non-hydrogen) atoms. The maximum Gasteiger partial charge on any atom is 0.391 e. The first-order valence-electron chi connectivity index (χ1n) is 17.4. The molecular formula is C38H37FN3O13PS2. The van der Waals surface area contributed by atoms with E-state index in [0.29, 0.717) is 29.3 Å². The van der Waals surface area contributed by atoms with Crippen LogP contribution in [-0.2, 0) is 14.6 Å². The maximum atomic E-state index is 14.0. The number of nitrogens with one attached hydrogen (secondary N) is 2. The van der Waals surface area contributed by atoms with Gasteiger partial charge >= 0.3 is 7.60 Å². The summed E-state index contributed by atoms with van der Waals surface area (Å²) in [5.74, 6) is -3.22. The van der Waals surface area contributed by atoms with Crippen molar-refractivity contribution in [3.8, 4) is 46.3 Å². The number of nitriles is 1. The minimum absolute atomic E-state index is 0.0724. The Hall–Kier alpha value is -5.90. The number of sulfonamides is 1. The number of phenolic OH excluding ortho intramolecular Hbond substituents is 4. The van der Waals surface area contributed by atoms with Gasteiger partial charge in [0.05, 0.1) is 18.8 Å². The van der Waals surface area contributed by atoms with Crippen LogP contribution >= 0.6 is 18.9 Å². The van der Waals surface area contributed by atoms with E-state index in [1.54, 1.807) is 18.2 Å². The number of rotatable bonds is 19. The van der Waals surface area contributed by atoms with Crippen LogP contribution in [0.2, 0.25) is 0 Å². The first-order valence-corrected chi connectivity index (χ1v) is 21.4. The van der Waals surface area contributed by atoms with Crippen LogP contribution in [0.5, 0.6) is 40.2 Å². The maximum absolute atomic E-state index is 14.0. The highest BCUT2D eigenvalue weighted by molar-refractivity contribution is 7.92. The van der Waals surface area contributed by atoms with E-state index in [0.717, 1.165) is 35.6 Å². The van der Waals surface area contributed by atoms with Crippen LogP contribution in [-0.4, -0.2) is 71.5 Å². The number of unbranched alkanes of at least 4 members (excludes halogenated alkanes) is 1. The van der Waals surface area contributed by atoms with Gasteiger partial charge in [0, 0.05) is 46.3 Å².